The number of hydrogen-bond donors (Lipinski definition) is 2. The van der Waals surface area contributed by atoms with Crippen molar-refractivity contribution in [3.8, 4) is 17.0 Å². The zero-order chi connectivity index (χ0) is 21.2. The van der Waals surface area contributed by atoms with E-state index in [0.717, 1.165) is 12.0 Å². The van der Waals surface area contributed by atoms with Crippen molar-refractivity contribution in [1.82, 2.24) is 4.98 Å². The smallest absolute Gasteiger partial charge is 0.358 e. The van der Waals surface area contributed by atoms with Gasteiger partial charge in [0.2, 0.25) is 0 Å². The van der Waals surface area contributed by atoms with Gasteiger partial charge in [0.25, 0.3) is 0 Å². The second kappa shape index (κ2) is 8.57. The number of carbonyl (C=O) groups is 1. The standard InChI is InChI=1S/C17H16Cl2F2N4O3/c1-4-25(17(22)23)14-9(19)13(16(26)28-3)24-12(11(14)21)7-5-6-8(18)15(27-2)10(7)20/h5-6H,4H2,1-3H3,(H3,22,23). The van der Waals surface area contributed by atoms with Gasteiger partial charge in [-0.2, -0.15) is 0 Å². The summed E-state index contributed by atoms with van der Waals surface area (Å²) in [6.07, 6.45) is 0. The Morgan fingerprint density at radius 1 is 1.29 bits per heavy atom. The topological polar surface area (TPSA) is 102 Å². The first kappa shape index (κ1) is 21.6. The van der Waals surface area contributed by atoms with Gasteiger partial charge in [0.05, 0.1) is 19.2 Å². The highest BCUT2D eigenvalue weighted by Crippen LogP contribution is 2.40. The number of benzene rings is 1. The number of esters is 1. The lowest BCUT2D eigenvalue weighted by atomic mass is 10.1. The quantitative estimate of drug-likeness (QED) is 0.422. The Bertz CT molecular complexity index is 957. The maximum absolute atomic E-state index is 15.3. The number of anilines is 1. The van der Waals surface area contributed by atoms with Crippen molar-refractivity contribution >= 4 is 40.8 Å². The molecule has 0 radical (unpaired) electrons. The predicted octanol–water partition coefficient (Wildman–Crippen LogP) is 3.85. The molecule has 2 rings (SSSR count). The fourth-order valence-electron chi connectivity index (χ4n) is 2.53. The van der Waals surface area contributed by atoms with E-state index in [-0.39, 0.29) is 22.9 Å². The van der Waals surface area contributed by atoms with Crippen LogP contribution in [-0.2, 0) is 4.74 Å². The molecule has 1 aromatic carbocycles. The van der Waals surface area contributed by atoms with Crippen molar-refractivity contribution < 1.29 is 23.0 Å². The van der Waals surface area contributed by atoms with Crippen molar-refractivity contribution in [2.75, 3.05) is 25.7 Å². The molecule has 0 atom stereocenters. The Labute approximate surface area is 169 Å². The highest BCUT2D eigenvalue weighted by atomic mass is 35.5. The van der Waals surface area contributed by atoms with Crippen LogP contribution in [0.4, 0.5) is 14.5 Å². The molecule has 0 bridgehead atoms. The fraction of sp³-hybridized carbons (Fsp3) is 0.235. The molecule has 2 aromatic rings. The lowest BCUT2D eigenvalue weighted by molar-refractivity contribution is 0.0594. The number of halogens is 4. The van der Waals surface area contributed by atoms with Gasteiger partial charge in [-0.1, -0.05) is 23.2 Å². The number of pyridine rings is 1. The number of nitrogens with zero attached hydrogens (tertiary/aromatic N) is 2. The average Bonchev–Trinajstić information content (AvgIpc) is 2.65. The van der Waals surface area contributed by atoms with E-state index in [9.17, 15) is 9.18 Å². The number of aromatic nitrogens is 1. The monoisotopic (exact) mass is 432 g/mol. The number of nitrogens with one attached hydrogen (secondary N) is 1. The van der Waals surface area contributed by atoms with Gasteiger partial charge in [-0.15, -0.1) is 0 Å². The summed E-state index contributed by atoms with van der Waals surface area (Å²) in [6.45, 7) is 1.63. The summed E-state index contributed by atoms with van der Waals surface area (Å²) in [5.74, 6) is -3.91. The highest BCUT2D eigenvalue weighted by Gasteiger charge is 2.30. The van der Waals surface area contributed by atoms with Crippen LogP contribution in [0.5, 0.6) is 5.75 Å². The van der Waals surface area contributed by atoms with Crippen LogP contribution >= 0.6 is 23.2 Å². The Hall–Kier alpha value is -2.65. The normalized spacial score (nSPS) is 10.5. The summed E-state index contributed by atoms with van der Waals surface area (Å²) >= 11 is 12.0. The Kier molecular flexibility index (Phi) is 6.63. The third-order valence-electron chi connectivity index (χ3n) is 3.82. The molecular weight excluding hydrogens is 417 g/mol. The lowest BCUT2D eigenvalue weighted by Gasteiger charge is -2.24. The van der Waals surface area contributed by atoms with E-state index in [0.29, 0.717) is 0 Å². The molecule has 0 amide bonds. The number of nitrogens with two attached hydrogens (primary N) is 1. The molecule has 28 heavy (non-hydrogen) atoms. The molecule has 0 aliphatic rings. The SMILES string of the molecule is CCN(C(=N)N)c1c(F)c(-c2ccc(Cl)c(OC)c2F)nc(C(=O)OC)c1Cl. The van der Waals surface area contributed by atoms with Gasteiger partial charge < -0.3 is 20.1 Å². The predicted molar refractivity (Wildman–Crippen MR) is 102 cm³/mol. The lowest BCUT2D eigenvalue weighted by Crippen LogP contribution is -2.37. The number of hydrogen-bond acceptors (Lipinski definition) is 5. The fourth-order valence-corrected chi connectivity index (χ4v) is 3.06. The van der Waals surface area contributed by atoms with Crippen LogP contribution in [0.1, 0.15) is 17.4 Å². The molecule has 3 N–H and O–H groups in total. The minimum Gasteiger partial charge on any atom is -0.492 e. The molecule has 150 valence electrons. The molecule has 11 heteroatoms. The summed E-state index contributed by atoms with van der Waals surface area (Å²) in [5.41, 5.74) is 3.74. The van der Waals surface area contributed by atoms with Crippen molar-refractivity contribution in [2.24, 2.45) is 5.73 Å². The molecule has 1 heterocycles. The summed E-state index contributed by atoms with van der Waals surface area (Å²) in [6, 6.07) is 2.46. The van der Waals surface area contributed by atoms with Gasteiger partial charge in [0.15, 0.2) is 29.0 Å². The molecule has 0 spiro atoms. The van der Waals surface area contributed by atoms with Gasteiger partial charge in [-0.3, -0.25) is 5.41 Å². The van der Waals surface area contributed by atoms with Crippen LogP contribution in [0.2, 0.25) is 10.0 Å². The third kappa shape index (κ3) is 3.67. The van der Waals surface area contributed by atoms with Gasteiger partial charge in [0, 0.05) is 12.1 Å². The number of carbonyl (C=O) groups excluding carboxylic acids is 1. The number of guanidine groups is 1. The molecule has 0 saturated heterocycles. The maximum atomic E-state index is 15.3. The average molecular weight is 433 g/mol. The van der Waals surface area contributed by atoms with Crippen molar-refractivity contribution in [3.63, 3.8) is 0 Å². The van der Waals surface area contributed by atoms with E-state index in [1.807, 2.05) is 0 Å². The van der Waals surface area contributed by atoms with Crippen LogP contribution in [-0.4, -0.2) is 37.7 Å². The molecule has 0 fully saturated rings. The van der Waals surface area contributed by atoms with Gasteiger partial charge >= 0.3 is 5.97 Å². The molecule has 1 aromatic heterocycles. The number of methoxy groups -OCH3 is 2. The van der Waals surface area contributed by atoms with Crippen molar-refractivity contribution in [3.05, 3.63) is 39.5 Å². The minimum absolute atomic E-state index is 0.0366. The molecule has 0 unspecified atom stereocenters. The van der Waals surface area contributed by atoms with Gasteiger partial charge in [-0.25, -0.2) is 18.6 Å². The number of rotatable bonds is 5. The van der Waals surface area contributed by atoms with Crippen LogP contribution in [0.15, 0.2) is 12.1 Å². The maximum Gasteiger partial charge on any atom is 0.358 e. The van der Waals surface area contributed by atoms with Crippen molar-refractivity contribution in [2.45, 2.75) is 6.92 Å². The van der Waals surface area contributed by atoms with Crippen LogP contribution in [0.25, 0.3) is 11.3 Å². The van der Waals surface area contributed by atoms with Crippen LogP contribution < -0.4 is 15.4 Å². The van der Waals surface area contributed by atoms with Crippen molar-refractivity contribution in [1.29, 1.82) is 5.41 Å². The van der Waals surface area contributed by atoms with E-state index in [2.05, 4.69) is 9.72 Å². The molecule has 7 nitrogen and oxygen atoms in total. The largest absolute Gasteiger partial charge is 0.492 e. The van der Waals surface area contributed by atoms with Gasteiger partial charge in [-0.05, 0) is 19.1 Å². The summed E-state index contributed by atoms with van der Waals surface area (Å²) < 4.78 is 39.7. The Balaban J connectivity index is 2.93. The van der Waals surface area contributed by atoms with E-state index < -0.39 is 45.7 Å². The first-order valence-corrected chi connectivity index (χ1v) is 8.56. The zero-order valence-corrected chi connectivity index (χ0v) is 16.6. The summed E-state index contributed by atoms with van der Waals surface area (Å²) in [5, 5.41) is 7.18. The first-order chi connectivity index (χ1) is 13.2. The zero-order valence-electron chi connectivity index (χ0n) is 15.1. The summed E-state index contributed by atoms with van der Waals surface area (Å²) in [4.78, 5) is 16.9. The van der Waals surface area contributed by atoms with E-state index >= 15 is 4.39 Å². The second-order valence-electron chi connectivity index (χ2n) is 5.35. The van der Waals surface area contributed by atoms with E-state index in [4.69, 9.17) is 39.1 Å². The molecule has 0 saturated carbocycles. The number of ether oxygens (including phenoxy) is 2. The summed E-state index contributed by atoms with van der Waals surface area (Å²) in [7, 11) is 2.27. The third-order valence-corrected chi connectivity index (χ3v) is 4.47. The Morgan fingerprint density at radius 3 is 2.43 bits per heavy atom. The minimum atomic E-state index is -1.09. The van der Waals surface area contributed by atoms with E-state index in [1.165, 1.54) is 19.2 Å². The van der Waals surface area contributed by atoms with Crippen LogP contribution in [0, 0.1) is 17.0 Å². The van der Waals surface area contributed by atoms with Crippen LogP contribution in [0.3, 0.4) is 0 Å². The molecule has 0 aliphatic heterocycles. The second-order valence-corrected chi connectivity index (χ2v) is 6.13. The molecule has 0 aliphatic carbocycles. The molecular formula is C17H16Cl2F2N4O3. The Morgan fingerprint density at radius 2 is 1.93 bits per heavy atom. The first-order valence-electron chi connectivity index (χ1n) is 7.80. The van der Waals surface area contributed by atoms with Gasteiger partial charge in [0.1, 0.15) is 16.4 Å². The highest BCUT2D eigenvalue weighted by molar-refractivity contribution is 6.36. The van der Waals surface area contributed by atoms with E-state index in [1.54, 1.807) is 6.92 Å².